The first kappa shape index (κ1) is 40.2. The molecule has 4 heteroatoms. The minimum atomic E-state index is -0.196. The zero-order valence-electron chi connectivity index (χ0n) is 37.7. The molecule has 0 bridgehead atoms. The van der Waals surface area contributed by atoms with E-state index < -0.39 is 0 Å². The van der Waals surface area contributed by atoms with Crippen LogP contribution in [0.2, 0.25) is 0 Å². The van der Waals surface area contributed by atoms with E-state index in [1.54, 1.807) is 0 Å². The van der Waals surface area contributed by atoms with Gasteiger partial charge in [0, 0.05) is 33.0 Å². The Morgan fingerprint density at radius 3 is 1.57 bits per heavy atom. The van der Waals surface area contributed by atoms with Crippen LogP contribution in [0.15, 0.2) is 228 Å². The molecule has 0 spiro atoms. The summed E-state index contributed by atoms with van der Waals surface area (Å²) in [6, 6.07) is 76.6. The summed E-state index contributed by atoms with van der Waals surface area (Å²) >= 11 is 0. The largest absolute Gasteiger partial charge is 0.416 e. The smallest absolute Gasteiger partial charge is 0.248 e. The molecular weight excluding hydrogens is 815 g/mol. The molecule has 1 aliphatic rings. The van der Waals surface area contributed by atoms with E-state index in [2.05, 4.69) is 224 Å². The van der Waals surface area contributed by atoms with Gasteiger partial charge in [-0.05, 0) is 154 Å². The number of aromatic nitrogens is 3. The number of allylic oxidation sites excluding steroid dienone is 2. The molecular formula is C63H47N3O. The first-order valence-corrected chi connectivity index (χ1v) is 23.2. The molecule has 0 radical (unpaired) electrons. The fraction of sp³-hybridized carbons (Fsp3) is 0.0794. The van der Waals surface area contributed by atoms with Crippen molar-refractivity contribution in [1.82, 2.24) is 14.8 Å². The molecule has 4 nitrogen and oxygen atoms in total. The maximum atomic E-state index is 6.10. The first-order valence-electron chi connectivity index (χ1n) is 23.2. The van der Waals surface area contributed by atoms with E-state index in [1.807, 2.05) is 30.3 Å². The zero-order chi connectivity index (χ0) is 45.1. The highest BCUT2D eigenvalue weighted by molar-refractivity contribution is 6.12. The summed E-state index contributed by atoms with van der Waals surface area (Å²) < 4.78 is 8.51. The van der Waals surface area contributed by atoms with Gasteiger partial charge in [0.25, 0.3) is 0 Å². The second kappa shape index (κ2) is 16.3. The van der Waals surface area contributed by atoms with E-state index in [-0.39, 0.29) is 5.41 Å². The predicted molar refractivity (Wildman–Crippen MR) is 277 cm³/mol. The molecule has 320 valence electrons. The average Bonchev–Trinajstić information content (AvgIpc) is 4.09. The van der Waals surface area contributed by atoms with Crippen molar-refractivity contribution in [3.8, 4) is 84.2 Å². The Morgan fingerprint density at radius 2 is 0.910 bits per heavy atom. The van der Waals surface area contributed by atoms with Gasteiger partial charge in [-0.2, -0.15) is 0 Å². The van der Waals surface area contributed by atoms with Gasteiger partial charge in [-0.3, -0.25) is 0 Å². The van der Waals surface area contributed by atoms with Crippen LogP contribution in [0.1, 0.15) is 38.3 Å². The van der Waals surface area contributed by atoms with Crippen LogP contribution < -0.4 is 0 Å². The SMILES string of the molecule is CC/C=C(\C)C1(C)c2ccccc2-c2ccc(-c3ccc4c(c3)c3cc(-c5ccccc5-c5ccccc5-c5ccc(-c6nnc(-c7ccccc7)o6)cc5)ccc3n4-c3ccccc3)cc21. The highest BCUT2D eigenvalue weighted by atomic mass is 16.4. The maximum Gasteiger partial charge on any atom is 0.248 e. The molecule has 0 amide bonds. The van der Waals surface area contributed by atoms with Crippen molar-refractivity contribution in [3.63, 3.8) is 0 Å². The monoisotopic (exact) mass is 861 g/mol. The van der Waals surface area contributed by atoms with Crippen LogP contribution in [-0.2, 0) is 5.41 Å². The number of hydrogen-bond donors (Lipinski definition) is 0. The van der Waals surface area contributed by atoms with Gasteiger partial charge in [-0.1, -0.05) is 164 Å². The molecule has 0 N–H and O–H groups in total. The molecule has 2 heterocycles. The number of benzene rings is 9. The van der Waals surface area contributed by atoms with Crippen molar-refractivity contribution in [3.05, 3.63) is 235 Å². The van der Waals surface area contributed by atoms with Crippen LogP contribution in [0.5, 0.6) is 0 Å². The second-order valence-electron chi connectivity index (χ2n) is 17.8. The predicted octanol–water partition coefficient (Wildman–Crippen LogP) is 16.8. The summed E-state index contributed by atoms with van der Waals surface area (Å²) in [4.78, 5) is 0. The fourth-order valence-electron chi connectivity index (χ4n) is 10.6. The van der Waals surface area contributed by atoms with Gasteiger partial charge in [-0.15, -0.1) is 10.2 Å². The van der Waals surface area contributed by atoms with E-state index in [1.165, 1.54) is 83.0 Å². The highest BCUT2D eigenvalue weighted by Gasteiger charge is 2.40. The van der Waals surface area contributed by atoms with E-state index in [0.717, 1.165) is 34.4 Å². The fourth-order valence-corrected chi connectivity index (χ4v) is 10.6. The van der Waals surface area contributed by atoms with Crippen molar-refractivity contribution in [2.45, 2.75) is 32.6 Å². The van der Waals surface area contributed by atoms with Gasteiger partial charge in [0.1, 0.15) is 0 Å². The summed E-state index contributed by atoms with van der Waals surface area (Å²) in [6.45, 7) is 6.95. The topological polar surface area (TPSA) is 43.9 Å². The molecule has 1 aliphatic carbocycles. The summed E-state index contributed by atoms with van der Waals surface area (Å²) in [5.74, 6) is 1.00. The number of nitrogens with zero attached hydrogens (tertiary/aromatic N) is 3. The minimum Gasteiger partial charge on any atom is -0.416 e. The molecule has 9 aromatic carbocycles. The van der Waals surface area contributed by atoms with Crippen LogP contribution in [0, 0.1) is 0 Å². The molecule has 11 aromatic rings. The highest BCUT2D eigenvalue weighted by Crippen LogP contribution is 2.53. The molecule has 12 rings (SSSR count). The Hall–Kier alpha value is -8.34. The Bertz CT molecular complexity index is 3690. The lowest BCUT2D eigenvalue weighted by molar-refractivity contribution is 0.584. The summed E-state index contributed by atoms with van der Waals surface area (Å²) in [5, 5.41) is 11.1. The summed E-state index contributed by atoms with van der Waals surface area (Å²) in [6.07, 6.45) is 3.41. The lowest BCUT2D eigenvalue weighted by Gasteiger charge is -2.29. The average molecular weight is 862 g/mol. The number of rotatable bonds is 9. The number of fused-ring (bicyclic) bond motifs is 6. The number of hydrogen-bond acceptors (Lipinski definition) is 3. The molecule has 0 saturated carbocycles. The molecule has 67 heavy (non-hydrogen) atoms. The summed E-state index contributed by atoms with van der Waals surface area (Å²) in [7, 11) is 0. The van der Waals surface area contributed by atoms with Crippen molar-refractivity contribution in [2.75, 3.05) is 0 Å². The third-order valence-corrected chi connectivity index (χ3v) is 14.1. The van der Waals surface area contributed by atoms with Gasteiger partial charge in [0.05, 0.1) is 11.0 Å². The Balaban J connectivity index is 0.962. The van der Waals surface area contributed by atoms with E-state index in [4.69, 9.17) is 4.42 Å². The van der Waals surface area contributed by atoms with Gasteiger partial charge < -0.3 is 8.98 Å². The molecule has 0 aliphatic heterocycles. The first-order chi connectivity index (χ1) is 33.0. The van der Waals surface area contributed by atoms with E-state index in [9.17, 15) is 0 Å². The normalized spacial score (nSPS) is 14.4. The van der Waals surface area contributed by atoms with Gasteiger partial charge in [0.15, 0.2) is 0 Å². The van der Waals surface area contributed by atoms with Crippen LogP contribution >= 0.6 is 0 Å². The minimum absolute atomic E-state index is 0.196. The molecule has 2 aromatic heterocycles. The van der Waals surface area contributed by atoms with Crippen LogP contribution in [0.25, 0.3) is 106 Å². The Morgan fingerprint density at radius 1 is 0.448 bits per heavy atom. The standard InChI is InChI=1S/C63H47N3O/c1-4-17-41(2)63(3)57-27-16-15-26-53(57)54-35-32-46(40-58(54)63)45-33-36-59-55(38-45)56-39-47(34-37-60(56)66(59)48-20-9-6-10-21-48)50-23-12-14-25-52(50)51-24-13-11-22-49(51)42-28-30-44(31-29-42)62-65-64-61(67-62)43-18-7-5-8-19-43/h5-40H,4H2,1-3H3/b41-17+. The van der Waals surface area contributed by atoms with E-state index >= 15 is 0 Å². The van der Waals surface area contributed by atoms with Crippen LogP contribution in [0.4, 0.5) is 0 Å². The molecule has 0 saturated heterocycles. The van der Waals surface area contributed by atoms with Crippen molar-refractivity contribution < 1.29 is 4.42 Å². The third-order valence-electron chi connectivity index (χ3n) is 14.1. The zero-order valence-corrected chi connectivity index (χ0v) is 37.7. The van der Waals surface area contributed by atoms with Gasteiger partial charge in [0.2, 0.25) is 11.8 Å². The number of para-hydroxylation sites is 1. The van der Waals surface area contributed by atoms with Gasteiger partial charge in [-0.25, -0.2) is 0 Å². The quantitative estimate of drug-likeness (QED) is 0.136. The lowest BCUT2D eigenvalue weighted by Crippen LogP contribution is -2.22. The maximum absolute atomic E-state index is 6.10. The summed E-state index contributed by atoms with van der Waals surface area (Å²) in [5.41, 5.74) is 21.3. The van der Waals surface area contributed by atoms with Crippen LogP contribution in [0.3, 0.4) is 0 Å². The third kappa shape index (κ3) is 6.67. The molecule has 0 fully saturated rings. The van der Waals surface area contributed by atoms with E-state index in [0.29, 0.717) is 11.8 Å². The molecule has 1 atom stereocenters. The molecule has 1 unspecified atom stereocenters. The Kier molecular flexibility index (Phi) is 9.76. The van der Waals surface area contributed by atoms with Crippen molar-refractivity contribution in [1.29, 1.82) is 0 Å². The lowest BCUT2D eigenvalue weighted by atomic mass is 9.73. The second-order valence-corrected chi connectivity index (χ2v) is 17.8. The van der Waals surface area contributed by atoms with Crippen molar-refractivity contribution >= 4 is 21.8 Å². The van der Waals surface area contributed by atoms with Crippen molar-refractivity contribution in [2.24, 2.45) is 0 Å². The Labute approximate surface area is 391 Å². The van der Waals surface area contributed by atoms with Gasteiger partial charge >= 0.3 is 0 Å². The van der Waals surface area contributed by atoms with Crippen LogP contribution in [-0.4, -0.2) is 14.8 Å².